The summed E-state index contributed by atoms with van der Waals surface area (Å²) in [5.41, 5.74) is 0. The lowest BCUT2D eigenvalue weighted by molar-refractivity contribution is 0.0301. The van der Waals surface area contributed by atoms with E-state index >= 15 is 0 Å². The molecular weight excluding hydrogens is 316 g/mol. The van der Waals surface area contributed by atoms with Gasteiger partial charge in [0.25, 0.3) is 0 Å². The largest absolute Gasteiger partial charge is 0.389 e. The van der Waals surface area contributed by atoms with Gasteiger partial charge in [0.05, 0.1) is 19.3 Å². The van der Waals surface area contributed by atoms with Crippen LogP contribution in [0.25, 0.3) is 0 Å². The fraction of sp³-hybridized carbons (Fsp3) is 0.947. The summed E-state index contributed by atoms with van der Waals surface area (Å²) >= 11 is 0. The number of aliphatic hydroxyl groups excluding tert-OH is 1. The van der Waals surface area contributed by atoms with E-state index in [0.29, 0.717) is 31.7 Å². The summed E-state index contributed by atoms with van der Waals surface area (Å²) in [5.74, 6) is 1.29. The van der Waals surface area contributed by atoms with E-state index in [2.05, 4.69) is 48.2 Å². The van der Waals surface area contributed by atoms with Crippen molar-refractivity contribution in [2.45, 2.75) is 65.5 Å². The van der Waals surface area contributed by atoms with Crippen molar-refractivity contribution < 1.29 is 9.84 Å². The molecule has 6 heteroatoms. The Labute approximate surface area is 154 Å². The van der Waals surface area contributed by atoms with Crippen molar-refractivity contribution in [2.24, 2.45) is 10.9 Å². The van der Waals surface area contributed by atoms with Crippen molar-refractivity contribution in [2.75, 3.05) is 45.9 Å². The maximum atomic E-state index is 10.0. The van der Waals surface area contributed by atoms with Crippen LogP contribution in [0.1, 0.15) is 53.4 Å². The van der Waals surface area contributed by atoms with Gasteiger partial charge >= 0.3 is 0 Å². The highest BCUT2D eigenvalue weighted by Gasteiger charge is 2.19. The SMILES string of the molecule is CCCCN1CCC(NC(=NCC(O)COCC(C)C)NCC)CC1. The van der Waals surface area contributed by atoms with Crippen LogP contribution < -0.4 is 10.6 Å². The Kier molecular flexibility index (Phi) is 11.9. The molecule has 1 heterocycles. The molecule has 0 saturated carbocycles. The number of ether oxygens (including phenoxy) is 1. The van der Waals surface area contributed by atoms with E-state index in [0.717, 1.165) is 38.4 Å². The molecule has 1 aliphatic rings. The molecule has 1 aliphatic heterocycles. The molecule has 0 amide bonds. The van der Waals surface area contributed by atoms with Gasteiger partial charge in [-0.2, -0.15) is 0 Å². The number of hydrogen-bond donors (Lipinski definition) is 3. The molecule has 1 saturated heterocycles. The second-order valence-electron chi connectivity index (χ2n) is 7.42. The predicted octanol–water partition coefficient (Wildman–Crippen LogP) is 1.84. The van der Waals surface area contributed by atoms with Crippen LogP contribution in [0.4, 0.5) is 0 Å². The smallest absolute Gasteiger partial charge is 0.191 e. The highest BCUT2D eigenvalue weighted by molar-refractivity contribution is 5.80. The van der Waals surface area contributed by atoms with Gasteiger partial charge < -0.3 is 25.4 Å². The summed E-state index contributed by atoms with van der Waals surface area (Å²) in [5, 5.41) is 16.8. The molecule has 1 fully saturated rings. The van der Waals surface area contributed by atoms with E-state index in [1.165, 1.54) is 19.4 Å². The van der Waals surface area contributed by atoms with Crippen LogP contribution in [-0.4, -0.2) is 74.0 Å². The van der Waals surface area contributed by atoms with Gasteiger partial charge in [0.2, 0.25) is 0 Å². The first kappa shape index (κ1) is 22.2. The van der Waals surface area contributed by atoms with Gasteiger partial charge in [-0.15, -0.1) is 0 Å². The van der Waals surface area contributed by atoms with Crippen molar-refractivity contribution in [3.63, 3.8) is 0 Å². The van der Waals surface area contributed by atoms with Gasteiger partial charge in [-0.1, -0.05) is 27.2 Å². The third-order valence-electron chi connectivity index (χ3n) is 4.32. The Hall–Kier alpha value is -0.850. The van der Waals surface area contributed by atoms with E-state index in [1.807, 2.05) is 0 Å². The Morgan fingerprint density at radius 1 is 1.24 bits per heavy atom. The first-order chi connectivity index (χ1) is 12.0. The number of rotatable bonds is 11. The van der Waals surface area contributed by atoms with Crippen LogP contribution in [0.15, 0.2) is 4.99 Å². The van der Waals surface area contributed by atoms with E-state index in [4.69, 9.17) is 4.74 Å². The normalized spacial score (nSPS) is 18.6. The molecule has 148 valence electrons. The van der Waals surface area contributed by atoms with Crippen molar-refractivity contribution in [1.29, 1.82) is 0 Å². The monoisotopic (exact) mass is 356 g/mol. The van der Waals surface area contributed by atoms with Crippen LogP contribution in [0.3, 0.4) is 0 Å². The fourth-order valence-electron chi connectivity index (χ4n) is 2.89. The molecule has 0 spiro atoms. The van der Waals surface area contributed by atoms with Gasteiger partial charge in [0.1, 0.15) is 0 Å². The molecule has 1 rings (SSSR count). The zero-order valence-electron chi connectivity index (χ0n) is 16.8. The van der Waals surface area contributed by atoms with E-state index in [1.54, 1.807) is 0 Å². The summed E-state index contributed by atoms with van der Waals surface area (Å²) in [6.07, 6.45) is 4.30. The van der Waals surface area contributed by atoms with E-state index in [-0.39, 0.29) is 0 Å². The first-order valence-corrected chi connectivity index (χ1v) is 10.1. The second-order valence-corrected chi connectivity index (χ2v) is 7.42. The number of piperidine rings is 1. The molecule has 6 nitrogen and oxygen atoms in total. The Bertz CT molecular complexity index is 355. The molecule has 1 atom stereocenters. The lowest BCUT2D eigenvalue weighted by Crippen LogP contribution is -2.49. The molecule has 0 bridgehead atoms. The Morgan fingerprint density at radius 2 is 1.96 bits per heavy atom. The third kappa shape index (κ3) is 10.7. The maximum absolute atomic E-state index is 10.0. The summed E-state index contributed by atoms with van der Waals surface area (Å²) in [6, 6.07) is 0.463. The second kappa shape index (κ2) is 13.4. The van der Waals surface area contributed by atoms with Gasteiger partial charge in [-0.05, 0) is 38.6 Å². The summed E-state index contributed by atoms with van der Waals surface area (Å²) in [6.45, 7) is 14.3. The number of nitrogens with zero attached hydrogens (tertiary/aromatic N) is 2. The average molecular weight is 357 g/mol. The lowest BCUT2D eigenvalue weighted by Gasteiger charge is -2.33. The Morgan fingerprint density at radius 3 is 2.56 bits per heavy atom. The number of nitrogens with one attached hydrogen (secondary N) is 2. The molecular formula is C19H40N4O2. The van der Waals surface area contributed by atoms with Crippen molar-refractivity contribution in [3.05, 3.63) is 0 Å². The minimum atomic E-state index is -0.551. The van der Waals surface area contributed by atoms with Crippen molar-refractivity contribution >= 4 is 5.96 Å². The Balaban J connectivity index is 2.33. The first-order valence-electron chi connectivity index (χ1n) is 10.1. The van der Waals surface area contributed by atoms with Gasteiger partial charge in [0, 0.05) is 32.3 Å². The summed E-state index contributed by atoms with van der Waals surface area (Å²) in [4.78, 5) is 7.08. The van der Waals surface area contributed by atoms with Crippen LogP contribution in [0.2, 0.25) is 0 Å². The van der Waals surface area contributed by atoms with Gasteiger partial charge in [-0.3, -0.25) is 4.99 Å². The minimum absolute atomic E-state index is 0.344. The number of likely N-dealkylation sites (tertiary alicyclic amines) is 1. The number of guanidine groups is 1. The minimum Gasteiger partial charge on any atom is -0.389 e. The standard InChI is InChI=1S/C19H40N4O2/c1-5-7-10-23-11-8-17(9-12-23)22-19(20-6-2)21-13-18(24)15-25-14-16(3)4/h16-18,24H,5-15H2,1-4H3,(H2,20,21,22). The predicted molar refractivity (Wildman–Crippen MR) is 105 cm³/mol. The van der Waals surface area contributed by atoms with Crippen LogP contribution >= 0.6 is 0 Å². The molecule has 3 N–H and O–H groups in total. The molecule has 0 aliphatic carbocycles. The van der Waals surface area contributed by atoms with Crippen LogP contribution in [-0.2, 0) is 4.74 Å². The highest BCUT2D eigenvalue weighted by Crippen LogP contribution is 2.11. The number of aliphatic hydroxyl groups is 1. The quantitative estimate of drug-likeness (QED) is 0.389. The van der Waals surface area contributed by atoms with Crippen molar-refractivity contribution in [3.8, 4) is 0 Å². The highest BCUT2D eigenvalue weighted by atomic mass is 16.5. The van der Waals surface area contributed by atoms with Gasteiger partial charge in [-0.25, -0.2) is 0 Å². The maximum Gasteiger partial charge on any atom is 0.191 e. The third-order valence-corrected chi connectivity index (χ3v) is 4.32. The lowest BCUT2D eigenvalue weighted by atomic mass is 10.0. The van der Waals surface area contributed by atoms with Crippen molar-refractivity contribution in [1.82, 2.24) is 15.5 Å². The molecule has 0 aromatic heterocycles. The molecule has 0 aromatic carbocycles. The number of unbranched alkanes of at least 4 members (excludes halogenated alkanes) is 1. The molecule has 0 radical (unpaired) electrons. The number of aliphatic imine (C=N–C) groups is 1. The summed E-state index contributed by atoms with van der Waals surface area (Å²) in [7, 11) is 0. The fourth-order valence-corrected chi connectivity index (χ4v) is 2.89. The molecule has 1 unspecified atom stereocenters. The van der Waals surface area contributed by atoms with Gasteiger partial charge in [0.15, 0.2) is 5.96 Å². The van der Waals surface area contributed by atoms with E-state index in [9.17, 15) is 5.11 Å². The molecule has 0 aromatic rings. The zero-order valence-corrected chi connectivity index (χ0v) is 16.8. The zero-order chi connectivity index (χ0) is 18.5. The van der Waals surface area contributed by atoms with Crippen LogP contribution in [0, 0.1) is 5.92 Å². The molecule has 25 heavy (non-hydrogen) atoms. The number of hydrogen-bond acceptors (Lipinski definition) is 4. The summed E-state index contributed by atoms with van der Waals surface area (Å²) < 4.78 is 5.48. The van der Waals surface area contributed by atoms with E-state index < -0.39 is 6.10 Å². The average Bonchev–Trinajstić information content (AvgIpc) is 2.59. The topological polar surface area (TPSA) is 69.1 Å². The van der Waals surface area contributed by atoms with Crippen LogP contribution in [0.5, 0.6) is 0 Å².